The van der Waals surface area contributed by atoms with Crippen molar-refractivity contribution in [3.05, 3.63) is 16.1 Å². The smallest absolute Gasteiger partial charge is 0.396 e. The molecule has 82 valence electrons. The summed E-state index contributed by atoms with van der Waals surface area (Å²) in [6.45, 7) is 3.63. The zero-order valence-electron chi connectivity index (χ0n) is 8.73. The molecule has 1 aromatic heterocycles. The summed E-state index contributed by atoms with van der Waals surface area (Å²) in [5.74, 6) is -1.65. The van der Waals surface area contributed by atoms with E-state index in [4.69, 9.17) is 0 Å². The standard InChI is InChI=1S/C9H12N2O3S/c1-5-4-15-8(10-5)6(2)11-7(12)9(13)14-3/h4,6H,1-3H3,(H,11,12). The van der Waals surface area contributed by atoms with Crippen LogP contribution < -0.4 is 5.32 Å². The van der Waals surface area contributed by atoms with E-state index < -0.39 is 11.9 Å². The topological polar surface area (TPSA) is 68.3 Å². The quantitative estimate of drug-likeness (QED) is 0.600. The van der Waals surface area contributed by atoms with Gasteiger partial charge in [0.15, 0.2) is 0 Å². The van der Waals surface area contributed by atoms with Gasteiger partial charge in [-0.05, 0) is 13.8 Å². The molecule has 5 nitrogen and oxygen atoms in total. The SMILES string of the molecule is COC(=O)C(=O)NC(C)c1nc(C)cs1. The minimum atomic E-state index is -0.893. The summed E-state index contributed by atoms with van der Waals surface area (Å²) in [5.41, 5.74) is 0.897. The summed E-state index contributed by atoms with van der Waals surface area (Å²) in [5, 5.41) is 5.15. The molecule has 0 radical (unpaired) electrons. The second kappa shape index (κ2) is 4.88. The van der Waals surface area contributed by atoms with Crippen LogP contribution in [0.1, 0.15) is 23.7 Å². The third-order valence-corrected chi connectivity index (χ3v) is 2.87. The summed E-state index contributed by atoms with van der Waals surface area (Å²) in [4.78, 5) is 26.2. The average Bonchev–Trinajstić information content (AvgIpc) is 2.63. The number of methoxy groups -OCH3 is 1. The Morgan fingerprint density at radius 3 is 2.73 bits per heavy atom. The molecule has 1 aromatic rings. The Morgan fingerprint density at radius 1 is 1.60 bits per heavy atom. The average molecular weight is 228 g/mol. The molecule has 0 saturated heterocycles. The summed E-state index contributed by atoms with van der Waals surface area (Å²) >= 11 is 1.44. The molecule has 1 N–H and O–H groups in total. The third kappa shape index (κ3) is 3.02. The fourth-order valence-electron chi connectivity index (χ4n) is 0.981. The number of carbonyl (C=O) groups is 2. The van der Waals surface area contributed by atoms with E-state index in [2.05, 4.69) is 15.0 Å². The predicted molar refractivity (Wildman–Crippen MR) is 55.4 cm³/mol. The van der Waals surface area contributed by atoms with Crippen LogP contribution in [0.5, 0.6) is 0 Å². The number of amides is 1. The van der Waals surface area contributed by atoms with Gasteiger partial charge in [0.1, 0.15) is 5.01 Å². The first-order valence-electron chi connectivity index (χ1n) is 4.35. The van der Waals surface area contributed by atoms with Gasteiger partial charge in [-0.1, -0.05) is 0 Å². The number of rotatable bonds is 2. The minimum absolute atomic E-state index is 0.282. The van der Waals surface area contributed by atoms with Gasteiger partial charge in [0.25, 0.3) is 0 Å². The van der Waals surface area contributed by atoms with Gasteiger partial charge in [-0.2, -0.15) is 0 Å². The van der Waals surface area contributed by atoms with Gasteiger partial charge in [-0.25, -0.2) is 9.78 Å². The molecule has 1 unspecified atom stereocenters. The van der Waals surface area contributed by atoms with Crippen LogP contribution in [0.2, 0.25) is 0 Å². The number of thiazole rings is 1. The summed E-state index contributed by atoms with van der Waals surface area (Å²) < 4.78 is 4.29. The lowest BCUT2D eigenvalue weighted by atomic mass is 10.3. The van der Waals surface area contributed by atoms with Crippen molar-refractivity contribution in [3.63, 3.8) is 0 Å². The maximum absolute atomic E-state index is 11.2. The molecule has 0 aliphatic carbocycles. The molecule has 1 atom stereocenters. The van der Waals surface area contributed by atoms with Gasteiger partial charge in [0.2, 0.25) is 0 Å². The second-order valence-corrected chi connectivity index (χ2v) is 3.90. The fourth-order valence-corrected chi connectivity index (χ4v) is 1.78. The van der Waals surface area contributed by atoms with Crippen molar-refractivity contribution in [1.82, 2.24) is 10.3 Å². The number of esters is 1. The zero-order valence-corrected chi connectivity index (χ0v) is 9.55. The summed E-state index contributed by atoms with van der Waals surface area (Å²) in [7, 11) is 1.17. The Hall–Kier alpha value is -1.43. The number of hydrogen-bond donors (Lipinski definition) is 1. The molecular formula is C9H12N2O3S. The highest BCUT2D eigenvalue weighted by molar-refractivity contribution is 7.09. The van der Waals surface area contributed by atoms with E-state index in [0.717, 1.165) is 10.7 Å². The van der Waals surface area contributed by atoms with Crippen LogP contribution in [0.3, 0.4) is 0 Å². The summed E-state index contributed by atoms with van der Waals surface area (Å²) in [6, 6.07) is -0.282. The van der Waals surface area contributed by atoms with Gasteiger partial charge in [-0.15, -0.1) is 11.3 Å². The zero-order chi connectivity index (χ0) is 11.4. The summed E-state index contributed by atoms with van der Waals surface area (Å²) in [6.07, 6.45) is 0. The van der Waals surface area contributed by atoms with E-state index in [1.165, 1.54) is 18.4 Å². The highest BCUT2D eigenvalue weighted by Gasteiger charge is 2.18. The molecule has 0 aliphatic rings. The van der Waals surface area contributed by atoms with Gasteiger partial charge in [0, 0.05) is 11.1 Å². The molecule has 0 aromatic carbocycles. The van der Waals surface area contributed by atoms with Gasteiger partial charge < -0.3 is 10.1 Å². The van der Waals surface area contributed by atoms with Crippen molar-refractivity contribution in [1.29, 1.82) is 0 Å². The van der Waals surface area contributed by atoms with Crippen LogP contribution in [0.25, 0.3) is 0 Å². The molecule has 15 heavy (non-hydrogen) atoms. The minimum Gasteiger partial charge on any atom is -0.462 e. The largest absolute Gasteiger partial charge is 0.462 e. The van der Waals surface area contributed by atoms with Crippen LogP contribution >= 0.6 is 11.3 Å². The Labute approximate surface area is 91.5 Å². The van der Waals surface area contributed by atoms with Gasteiger partial charge in [-0.3, -0.25) is 4.79 Å². The van der Waals surface area contributed by atoms with Crippen LogP contribution in [0, 0.1) is 6.92 Å². The molecule has 6 heteroatoms. The van der Waals surface area contributed by atoms with Crippen molar-refractivity contribution >= 4 is 23.2 Å². The van der Waals surface area contributed by atoms with E-state index in [1.54, 1.807) is 6.92 Å². The Kier molecular flexibility index (Phi) is 3.79. The number of aryl methyl sites for hydroxylation is 1. The maximum atomic E-state index is 11.2. The van der Waals surface area contributed by atoms with Crippen molar-refractivity contribution in [2.45, 2.75) is 19.9 Å². The lowest BCUT2D eigenvalue weighted by Crippen LogP contribution is -2.33. The van der Waals surface area contributed by atoms with E-state index in [-0.39, 0.29) is 6.04 Å². The highest BCUT2D eigenvalue weighted by Crippen LogP contribution is 2.17. The third-order valence-electron chi connectivity index (χ3n) is 1.73. The Balaban J connectivity index is 2.60. The molecule has 1 heterocycles. The molecule has 0 aliphatic heterocycles. The van der Waals surface area contributed by atoms with E-state index in [1.807, 2.05) is 12.3 Å². The first kappa shape index (κ1) is 11.6. The lowest BCUT2D eigenvalue weighted by Gasteiger charge is -2.09. The van der Waals surface area contributed by atoms with Crippen molar-refractivity contribution in [2.75, 3.05) is 7.11 Å². The predicted octanol–water partition coefficient (Wildman–Crippen LogP) is 0.802. The van der Waals surface area contributed by atoms with Gasteiger partial charge >= 0.3 is 11.9 Å². The van der Waals surface area contributed by atoms with Crippen LogP contribution in [-0.2, 0) is 14.3 Å². The molecule has 0 spiro atoms. The first-order valence-corrected chi connectivity index (χ1v) is 5.23. The van der Waals surface area contributed by atoms with E-state index in [0.29, 0.717) is 0 Å². The monoisotopic (exact) mass is 228 g/mol. The van der Waals surface area contributed by atoms with Crippen LogP contribution in [0.4, 0.5) is 0 Å². The first-order chi connectivity index (χ1) is 7.04. The number of aromatic nitrogens is 1. The number of nitrogens with zero attached hydrogens (tertiary/aromatic N) is 1. The number of carbonyl (C=O) groups excluding carboxylic acids is 2. The maximum Gasteiger partial charge on any atom is 0.396 e. The van der Waals surface area contributed by atoms with Gasteiger partial charge in [0.05, 0.1) is 13.2 Å². The molecule has 1 amide bonds. The number of ether oxygens (including phenoxy) is 1. The molecular weight excluding hydrogens is 216 g/mol. The molecule has 0 bridgehead atoms. The van der Waals surface area contributed by atoms with Crippen LogP contribution in [-0.4, -0.2) is 24.0 Å². The Bertz CT molecular complexity index is 375. The highest BCUT2D eigenvalue weighted by atomic mass is 32.1. The van der Waals surface area contributed by atoms with Crippen LogP contribution in [0.15, 0.2) is 5.38 Å². The fraction of sp³-hybridized carbons (Fsp3) is 0.444. The number of hydrogen-bond acceptors (Lipinski definition) is 5. The molecule has 0 fully saturated rings. The Morgan fingerprint density at radius 2 is 2.27 bits per heavy atom. The normalized spacial score (nSPS) is 11.9. The second-order valence-electron chi connectivity index (χ2n) is 3.01. The molecule has 1 rings (SSSR count). The van der Waals surface area contributed by atoms with Crippen molar-refractivity contribution < 1.29 is 14.3 Å². The van der Waals surface area contributed by atoms with E-state index in [9.17, 15) is 9.59 Å². The van der Waals surface area contributed by atoms with E-state index >= 15 is 0 Å². The van der Waals surface area contributed by atoms with Crippen molar-refractivity contribution in [3.8, 4) is 0 Å². The lowest BCUT2D eigenvalue weighted by molar-refractivity contribution is -0.153. The number of nitrogens with one attached hydrogen (secondary N) is 1. The van der Waals surface area contributed by atoms with Crippen molar-refractivity contribution in [2.24, 2.45) is 0 Å². The molecule has 0 saturated carbocycles.